The maximum Gasteiger partial charge on any atom is 0.0713 e. The molecule has 2 nitrogen and oxygen atoms in total. The topological polar surface area (TPSA) is 21.3 Å². The predicted octanol–water partition coefficient (Wildman–Crippen LogP) is 4.36. The fourth-order valence-electron chi connectivity index (χ4n) is 1.90. The molecule has 0 heterocycles. The van der Waals surface area contributed by atoms with E-state index in [9.17, 15) is 0 Å². The van der Waals surface area contributed by atoms with Crippen LogP contribution >= 0.6 is 22.6 Å². The number of ether oxygens (including phenoxy) is 1. The second kappa shape index (κ2) is 6.91. The molecule has 0 unspecified atom stereocenters. The van der Waals surface area contributed by atoms with Crippen LogP contribution in [0.15, 0.2) is 42.5 Å². The summed E-state index contributed by atoms with van der Waals surface area (Å²) in [5.74, 6) is 0. The molecule has 2 aromatic rings. The lowest BCUT2D eigenvalue weighted by Crippen LogP contribution is -2.00. The van der Waals surface area contributed by atoms with Gasteiger partial charge in [0.2, 0.25) is 0 Å². The summed E-state index contributed by atoms with van der Waals surface area (Å²) < 4.78 is 6.44. The van der Waals surface area contributed by atoms with E-state index in [1.807, 2.05) is 0 Å². The van der Waals surface area contributed by atoms with Gasteiger partial charge in [0.1, 0.15) is 0 Å². The molecule has 2 aromatic carbocycles. The van der Waals surface area contributed by atoms with Gasteiger partial charge in [0.25, 0.3) is 0 Å². The molecule has 0 spiro atoms. The van der Waals surface area contributed by atoms with Crippen molar-refractivity contribution in [3.05, 3.63) is 62.7 Å². The van der Waals surface area contributed by atoms with Gasteiger partial charge in [0.15, 0.2) is 0 Å². The Kier molecular flexibility index (Phi) is 5.22. The van der Waals surface area contributed by atoms with Crippen LogP contribution < -0.4 is 5.32 Å². The van der Waals surface area contributed by atoms with Gasteiger partial charge in [-0.3, -0.25) is 0 Å². The highest BCUT2D eigenvalue weighted by Gasteiger charge is 1.99. The summed E-state index contributed by atoms with van der Waals surface area (Å²) in [5, 5.41) is 3.45. The lowest BCUT2D eigenvalue weighted by atomic mass is 10.1. The average molecular weight is 367 g/mol. The Morgan fingerprint density at radius 1 is 1.11 bits per heavy atom. The van der Waals surface area contributed by atoms with E-state index in [4.69, 9.17) is 4.74 Å². The van der Waals surface area contributed by atoms with Gasteiger partial charge in [0.05, 0.1) is 6.61 Å². The van der Waals surface area contributed by atoms with E-state index < -0.39 is 0 Å². The fraction of sp³-hybridized carbons (Fsp3) is 0.250. The zero-order valence-electron chi connectivity index (χ0n) is 11.2. The van der Waals surface area contributed by atoms with Gasteiger partial charge in [-0.2, -0.15) is 0 Å². The molecular formula is C16H18INO. The van der Waals surface area contributed by atoms with Crippen molar-refractivity contribution < 1.29 is 4.74 Å². The number of halogens is 1. The van der Waals surface area contributed by atoms with Gasteiger partial charge in [-0.1, -0.05) is 30.3 Å². The maximum atomic E-state index is 5.15. The van der Waals surface area contributed by atoms with Gasteiger partial charge in [0, 0.05) is 22.9 Å². The Morgan fingerprint density at radius 3 is 2.63 bits per heavy atom. The van der Waals surface area contributed by atoms with E-state index in [1.54, 1.807) is 7.11 Å². The Bertz CT molecular complexity index is 554. The third-order valence-electron chi connectivity index (χ3n) is 2.97. The molecule has 19 heavy (non-hydrogen) atoms. The molecule has 1 N–H and O–H groups in total. The van der Waals surface area contributed by atoms with Gasteiger partial charge in [-0.15, -0.1) is 0 Å². The van der Waals surface area contributed by atoms with E-state index in [-0.39, 0.29) is 0 Å². The number of anilines is 1. The summed E-state index contributed by atoms with van der Waals surface area (Å²) in [4.78, 5) is 0. The number of nitrogens with one attached hydrogen (secondary N) is 1. The van der Waals surface area contributed by atoms with Crippen LogP contribution in [0, 0.1) is 10.5 Å². The van der Waals surface area contributed by atoms with Crippen LogP contribution in [-0.2, 0) is 17.9 Å². The Balaban J connectivity index is 2.01. The number of methoxy groups -OCH3 is 1. The molecule has 0 aliphatic carbocycles. The molecule has 0 atom stereocenters. The highest BCUT2D eigenvalue weighted by atomic mass is 127. The first-order chi connectivity index (χ1) is 9.19. The van der Waals surface area contributed by atoms with Crippen LogP contribution in [0.5, 0.6) is 0 Å². The van der Waals surface area contributed by atoms with Crippen molar-refractivity contribution >= 4 is 28.3 Å². The van der Waals surface area contributed by atoms with Gasteiger partial charge < -0.3 is 10.1 Å². The highest BCUT2D eigenvalue weighted by Crippen LogP contribution is 2.18. The zero-order chi connectivity index (χ0) is 13.7. The Morgan fingerprint density at radius 2 is 1.89 bits per heavy atom. The SMILES string of the molecule is COCc1cccc(CNc2ccc(C)c(I)c2)c1. The summed E-state index contributed by atoms with van der Waals surface area (Å²) in [6, 6.07) is 14.9. The lowest BCUT2D eigenvalue weighted by Gasteiger charge is -2.09. The molecule has 2 rings (SSSR count). The molecule has 100 valence electrons. The van der Waals surface area contributed by atoms with Crippen LogP contribution in [0.25, 0.3) is 0 Å². The van der Waals surface area contributed by atoms with Gasteiger partial charge >= 0.3 is 0 Å². The number of hydrogen-bond donors (Lipinski definition) is 1. The molecule has 0 fully saturated rings. The largest absolute Gasteiger partial charge is 0.381 e. The third-order valence-corrected chi connectivity index (χ3v) is 4.13. The van der Waals surface area contributed by atoms with Crippen molar-refractivity contribution in [2.24, 2.45) is 0 Å². The molecule has 3 heteroatoms. The van der Waals surface area contributed by atoms with Crippen LogP contribution in [0.4, 0.5) is 5.69 Å². The summed E-state index contributed by atoms with van der Waals surface area (Å²) in [7, 11) is 1.72. The highest BCUT2D eigenvalue weighted by molar-refractivity contribution is 14.1. The van der Waals surface area contributed by atoms with E-state index in [2.05, 4.69) is 77.3 Å². The molecule has 0 aromatic heterocycles. The second-order valence-corrected chi connectivity index (χ2v) is 5.73. The van der Waals surface area contributed by atoms with Gasteiger partial charge in [-0.25, -0.2) is 0 Å². The third kappa shape index (κ3) is 4.21. The Hall–Kier alpha value is -1.07. The van der Waals surface area contributed by atoms with E-state index >= 15 is 0 Å². The molecular weight excluding hydrogens is 349 g/mol. The van der Waals surface area contributed by atoms with Crippen molar-refractivity contribution in [3.63, 3.8) is 0 Å². The smallest absolute Gasteiger partial charge is 0.0713 e. The quantitative estimate of drug-likeness (QED) is 0.793. The van der Waals surface area contributed by atoms with Crippen molar-refractivity contribution in [1.82, 2.24) is 0 Å². The standard InChI is InChI=1S/C16H18INO/c1-12-6-7-15(9-16(12)17)18-10-13-4-3-5-14(8-13)11-19-2/h3-9,18H,10-11H2,1-2H3. The molecule has 0 bridgehead atoms. The monoisotopic (exact) mass is 367 g/mol. The normalized spacial score (nSPS) is 10.5. The molecule has 0 radical (unpaired) electrons. The first kappa shape index (κ1) is 14.3. The fourth-order valence-corrected chi connectivity index (χ4v) is 2.42. The lowest BCUT2D eigenvalue weighted by molar-refractivity contribution is 0.185. The molecule has 0 amide bonds. The molecule has 0 aliphatic heterocycles. The van der Waals surface area contributed by atoms with E-state index in [1.165, 1.54) is 20.3 Å². The minimum Gasteiger partial charge on any atom is -0.381 e. The van der Waals surface area contributed by atoms with Crippen molar-refractivity contribution in [3.8, 4) is 0 Å². The van der Waals surface area contributed by atoms with E-state index in [0.29, 0.717) is 6.61 Å². The van der Waals surface area contributed by atoms with Crippen LogP contribution in [0.2, 0.25) is 0 Å². The Labute approximate surface area is 128 Å². The summed E-state index contributed by atoms with van der Waals surface area (Å²) in [5.41, 5.74) is 4.95. The first-order valence-electron chi connectivity index (χ1n) is 6.26. The zero-order valence-corrected chi connectivity index (χ0v) is 13.4. The molecule has 0 saturated heterocycles. The summed E-state index contributed by atoms with van der Waals surface area (Å²) >= 11 is 2.36. The number of hydrogen-bond acceptors (Lipinski definition) is 2. The minimum absolute atomic E-state index is 0.663. The second-order valence-electron chi connectivity index (χ2n) is 4.57. The van der Waals surface area contributed by atoms with E-state index in [0.717, 1.165) is 12.2 Å². The van der Waals surface area contributed by atoms with Crippen LogP contribution in [0.1, 0.15) is 16.7 Å². The summed E-state index contributed by atoms with van der Waals surface area (Å²) in [6.07, 6.45) is 0. The number of benzene rings is 2. The number of rotatable bonds is 5. The van der Waals surface area contributed by atoms with Crippen LogP contribution in [0.3, 0.4) is 0 Å². The minimum atomic E-state index is 0.663. The maximum absolute atomic E-state index is 5.15. The van der Waals surface area contributed by atoms with Crippen molar-refractivity contribution in [1.29, 1.82) is 0 Å². The average Bonchev–Trinajstić information content (AvgIpc) is 2.41. The van der Waals surface area contributed by atoms with Crippen molar-refractivity contribution in [2.45, 2.75) is 20.1 Å². The predicted molar refractivity (Wildman–Crippen MR) is 88.4 cm³/mol. The first-order valence-corrected chi connectivity index (χ1v) is 7.33. The summed E-state index contributed by atoms with van der Waals surface area (Å²) in [6.45, 7) is 3.62. The number of aryl methyl sites for hydroxylation is 1. The molecule has 0 aliphatic rings. The van der Waals surface area contributed by atoms with Crippen molar-refractivity contribution in [2.75, 3.05) is 12.4 Å². The van der Waals surface area contributed by atoms with Gasteiger partial charge in [-0.05, 0) is 58.3 Å². The van der Waals surface area contributed by atoms with Crippen LogP contribution in [-0.4, -0.2) is 7.11 Å². The molecule has 0 saturated carbocycles.